The van der Waals surface area contributed by atoms with Gasteiger partial charge in [0.2, 0.25) is 0 Å². The summed E-state index contributed by atoms with van der Waals surface area (Å²) in [6.07, 6.45) is -1.24. The minimum atomic E-state index is -4.91. The lowest BCUT2D eigenvalue weighted by molar-refractivity contribution is -0.173. The molecule has 0 radical (unpaired) electrons. The minimum Gasteiger partial charge on any atom is -0.476 e. The van der Waals surface area contributed by atoms with E-state index in [4.69, 9.17) is 5.11 Å². The van der Waals surface area contributed by atoms with Crippen LogP contribution in [0.25, 0.3) is 0 Å². The smallest absolute Gasteiger partial charge is 0.471 e. The zero-order valence-electron chi connectivity index (χ0n) is 11.3. The van der Waals surface area contributed by atoms with Crippen LogP contribution in [-0.2, 0) is 4.79 Å². The number of anilines is 1. The molecule has 0 saturated carbocycles. The number of aromatic nitrogens is 2. The summed E-state index contributed by atoms with van der Waals surface area (Å²) in [5.41, 5.74) is -0.218. The zero-order valence-corrected chi connectivity index (χ0v) is 11.3. The van der Waals surface area contributed by atoms with Crippen LogP contribution in [0.3, 0.4) is 0 Å². The van der Waals surface area contributed by atoms with E-state index in [0.717, 1.165) is 12.6 Å². The van der Waals surface area contributed by atoms with E-state index >= 15 is 0 Å². The molecule has 1 fully saturated rings. The van der Waals surface area contributed by atoms with E-state index in [1.807, 2.05) is 5.32 Å². The molecule has 2 rings (SSSR count). The zero-order chi connectivity index (χ0) is 16.3. The van der Waals surface area contributed by atoms with Crippen LogP contribution in [0, 0.1) is 0 Å². The predicted octanol–water partition coefficient (Wildman–Crippen LogP) is 0.822. The molecule has 1 saturated heterocycles. The molecular weight excluding hydrogens is 305 g/mol. The molecule has 1 aromatic rings. The van der Waals surface area contributed by atoms with Crippen LogP contribution in [0.15, 0.2) is 12.4 Å². The second-order valence-electron chi connectivity index (χ2n) is 4.76. The highest BCUT2D eigenvalue weighted by Crippen LogP contribution is 2.23. The molecule has 1 unspecified atom stereocenters. The standard InChI is InChI=1S/C12H13F3N4O3/c13-12(14,15)11(22)18-4-7-2-1-3-19(7)9-6-16-8(5-17-9)10(20)21/h5-7H,1-4H2,(H,18,22)(H,20,21). The number of nitrogens with one attached hydrogen (secondary N) is 1. The number of nitrogens with zero attached hydrogens (tertiary/aromatic N) is 3. The number of amides is 1. The van der Waals surface area contributed by atoms with E-state index in [-0.39, 0.29) is 18.3 Å². The number of carbonyl (C=O) groups excluding carboxylic acids is 1. The van der Waals surface area contributed by atoms with E-state index < -0.39 is 18.1 Å². The first kappa shape index (κ1) is 16.0. The van der Waals surface area contributed by atoms with Gasteiger partial charge in [0, 0.05) is 19.1 Å². The summed E-state index contributed by atoms with van der Waals surface area (Å²) in [5, 5.41) is 10.6. The van der Waals surface area contributed by atoms with Crippen molar-refractivity contribution in [2.45, 2.75) is 25.1 Å². The van der Waals surface area contributed by atoms with Crippen molar-refractivity contribution in [2.75, 3.05) is 18.0 Å². The summed E-state index contributed by atoms with van der Waals surface area (Å²) in [4.78, 5) is 30.9. The van der Waals surface area contributed by atoms with Crippen molar-refractivity contribution in [2.24, 2.45) is 0 Å². The molecule has 1 aliphatic rings. The maximum absolute atomic E-state index is 12.2. The Morgan fingerprint density at radius 1 is 1.36 bits per heavy atom. The van der Waals surface area contributed by atoms with Gasteiger partial charge in [0.1, 0.15) is 5.82 Å². The highest BCUT2D eigenvalue weighted by atomic mass is 19.4. The average molecular weight is 318 g/mol. The van der Waals surface area contributed by atoms with Crippen LogP contribution < -0.4 is 10.2 Å². The van der Waals surface area contributed by atoms with Gasteiger partial charge in [-0.1, -0.05) is 0 Å². The lowest BCUT2D eigenvalue weighted by Gasteiger charge is -2.25. The molecule has 2 N–H and O–H groups in total. The summed E-state index contributed by atoms with van der Waals surface area (Å²) in [6, 6.07) is -0.337. The van der Waals surface area contributed by atoms with Gasteiger partial charge < -0.3 is 15.3 Å². The Morgan fingerprint density at radius 2 is 2.09 bits per heavy atom. The summed E-state index contributed by atoms with van der Waals surface area (Å²) in [6.45, 7) is 0.383. The Bertz CT molecular complexity index is 562. The van der Waals surface area contributed by atoms with Crippen molar-refractivity contribution in [1.29, 1.82) is 0 Å². The van der Waals surface area contributed by atoms with Crippen molar-refractivity contribution in [3.8, 4) is 0 Å². The van der Waals surface area contributed by atoms with Crippen LogP contribution in [-0.4, -0.2) is 52.3 Å². The number of carbonyl (C=O) groups is 2. The summed E-state index contributed by atoms with van der Waals surface area (Å²) >= 11 is 0. The van der Waals surface area contributed by atoms with E-state index in [1.54, 1.807) is 4.90 Å². The third kappa shape index (κ3) is 3.62. The van der Waals surface area contributed by atoms with Gasteiger partial charge in [0.05, 0.1) is 12.4 Å². The van der Waals surface area contributed by atoms with Crippen molar-refractivity contribution in [3.05, 3.63) is 18.1 Å². The van der Waals surface area contributed by atoms with E-state index in [0.29, 0.717) is 18.8 Å². The fourth-order valence-corrected chi connectivity index (χ4v) is 2.24. The number of aromatic carboxylic acids is 1. The molecule has 120 valence electrons. The van der Waals surface area contributed by atoms with Crippen molar-refractivity contribution < 1.29 is 27.9 Å². The fourth-order valence-electron chi connectivity index (χ4n) is 2.24. The van der Waals surface area contributed by atoms with Gasteiger partial charge in [-0.25, -0.2) is 14.8 Å². The number of hydrogen-bond acceptors (Lipinski definition) is 5. The Kier molecular flexibility index (Phi) is 4.48. The van der Waals surface area contributed by atoms with E-state index in [9.17, 15) is 22.8 Å². The van der Waals surface area contributed by atoms with Gasteiger partial charge in [-0.3, -0.25) is 4.79 Å². The van der Waals surface area contributed by atoms with Crippen LogP contribution in [0.4, 0.5) is 19.0 Å². The fraction of sp³-hybridized carbons (Fsp3) is 0.500. The minimum absolute atomic E-state index is 0.166. The largest absolute Gasteiger partial charge is 0.476 e. The molecule has 0 aliphatic carbocycles. The van der Waals surface area contributed by atoms with Gasteiger partial charge in [-0.2, -0.15) is 13.2 Å². The maximum atomic E-state index is 12.2. The van der Waals surface area contributed by atoms with E-state index in [2.05, 4.69) is 9.97 Å². The molecule has 1 aliphatic heterocycles. The molecule has 7 nitrogen and oxygen atoms in total. The molecule has 0 aromatic carbocycles. The molecule has 0 bridgehead atoms. The lowest BCUT2D eigenvalue weighted by atomic mass is 10.2. The first-order valence-electron chi connectivity index (χ1n) is 6.46. The van der Waals surface area contributed by atoms with Crippen LogP contribution in [0.5, 0.6) is 0 Å². The van der Waals surface area contributed by atoms with Gasteiger partial charge in [0.25, 0.3) is 0 Å². The molecule has 10 heteroatoms. The third-order valence-electron chi connectivity index (χ3n) is 3.28. The summed E-state index contributed by atoms with van der Waals surface area (Å²) in [5.74, 6) is -2.82. The predicted molar refractivity (Wildman–Crippen MR) is 68.4 cm³/mol. The van der Waals surface area contributed by atoms with Crippen LogP contribution in [0.1, 0.15) is 23.3 Å². The highest BCUT2D eigenvalue weighted by Gasteiger charge is 2.39. The molecule has 22 heavy (non-hydrogen) atoms. The van der Waals surface area contributed by atoms with Crippen molar-refractivity contribution in [1.82, 2.24) is 15.3 Å². The lowest BCUT2D eigenvalue weighted by Crippen LogP contribution is -2.45. The number of carboxylic acids is 1. The number of rotatable bonds is 4. The first-order valence-corrected chi connectivity index (χ1v) is 6.46. The van der Waals surface area contributed by atoms with Gasteiger partial charge in [-0.05, 0) is 12.8 Å². The second kappa shape index (κ2) is 6.16. The number of halogens is 3. The van der Waals surface area contributed by atoms with Crippen molar-refractivity contribution >= 4 is 17.7 Å². The molecule has 2 heterocycles. The van der Waals surface area contributed by atoms with E-state index in [1.165, 1.54) is 6.20 Å². The maximum Gasteiger partial charge on any atom is 0.471 e. The highest BCUT2D eigenvalue weighted by molar-refractivity contribution is 5.85. The SMILES string of the molecule is O=C(O)c1cnc(N2CCCC2CNC(=O)C(F)(F)F)cn1. The number of carboxylic acid groups (broad SMARTS) is 1. The second-order valence-corrected chi connectivity index (χ2v) is 4.76. The molecule has 1 atom stereocenters. The summed E-state index contributed by atoms with van der Waals surface area (Å²) in [7, 11) is 0. The van der Waals surface area contributed by atoms with Crippen molar-refractivity contribution in [3.63, 3.8) is 0 Å². The molecule has 1 aromatic heterocycles. The number of alkyl halides is 3. The molecule has 0 spiro atoms. The Balaban J connectivity index is 2.01. The third-order valence-corrected chi connectivity index (χ3v) is 3.28. The molecular formula is C12H13F3N4O3. The van der Waals surface area contributed by atoms with Gasteiger partial charge >= 0.3 is 18.1 Å². The van der Waals surface area contributed by atoms with Gasteiger partial charge in [0.15, 0.2) is 5.69 Å². The normalized spacial score (nSPS) is 18.3. The quantitative estimate of drug-likeness (QED) is 0.853. The monoisotopic (exact) mass is 318 g/mol. The van der Waals surface area contributed by atoms with Crippen LogP contribution in [0.2, 0.25) is 0 Å². The average Bonchev–Trinajstić information content (AvgIpc) is 2.92. The first-order chi connectivity index (χ1) is 10.3. The van der Waals surface area contributed by atoms with Gasteiger partial charge in [-0.15, -0.1) is 0 Å². The Hall–Kier alpha value is -2.39. The summed E-state index contributed by atoms with van der Waals surface area (Å²) < 4.78 is 36.5. The van der Waals surface area contributed by atoms with Crippen LogP contribution >= 0.6 is 0 Å². The number of hydrogen-bond donors (Lipinski definition) is 2. The Labute approximate surface area is 123 Å². The molecule has 1 amide bonds. The topological polar surface area (TPSA) is 95.4 Å². The Morgan fingerprint density at radius 3 is 2.64 bits per heavy atom.